The van der Waals surface area contributed by atoms with Gasteiger partial charge in [0.1, 0.15) is 0 Å². The van der Waals surface area contributed by atoms with Crippen LogP contribution in [0.3, 0.4) is 0 Å². The van der Waals surface area contributed by atoms with Crippen LogP contribution in [0.15, 0.2) is 54.6 Å². The van der Waals surface area contributed by atoms with Gasteiger partial charge in [-0.1, -0.05) is 61.5 Å². The fraction of sp³-hybridized carbons (Fsp3) is 0.409. The summed E-state index contributed by atoms with van der Waals surface area (Å²) >= 11 is 0. The van der Waals surface area contributed by atoms with Gasteiger partial charge in [-0.15, -0.1) is 0 Å². The molecule has 2 aromatic rings. The molecule has 2 rings (SSSR count). The molecule has 3 nitrogen and oxygen atoms in total. The van der Waals surface area contributed by atoms with E-state index >= 15 is 0 Å². The van der Waals surface area contributed by atoms with Crippen LogP contribution in [0.1, 0.15) is 48.8 Å². The summed E-state index contributed by atoms with van der Waals surface area (Å²) in [7, 11) is 4.09. The van der Waals surface area contributed by atoms with Crippen molar-refractivity contribution >= 4 is 5.91 Å². The number of nitrogens with one attached hydrogen (secondary N) is 1. The highest BCUT2D eigenvalue weighted by Gasteiger charge is 2.16. The van der Waals surface area contributed by atoms with Crippen molar-refractivity contribution in [3.63, 3.8) is 0 Å². The Bertz CT molecular complexity index is 667. The lowest BCUT2D eigenvalue weighted by atomic mass is 9.89. The predicted octanol–water partition coefficient (Wildman–Crippen LogP) is 4.01. The zero-order valence-electron chi connectivity index (χ0n) is 15.8. The van der Waals surface area contributed by atoms with Crippen LogP contribution in [0.25, 0.3) is 0 Å². The molecule has 25 heavy (non-hydrogen) atoms. The molecule has 3 heteroatoms. The molecule has 1 N–H and O–H groups in total. The number of benzene rings is 2. The Balaban J connectivity index is 2.01. The van der Waals surface area contributed by atoms with Crippen molar-refractivity contribution in [2.24, 2.45) is 0 Å². The van der Waals surface area contributed by atoms with E-state index in [9.17, 15) is 4.79 Å². The smallest absolute Gasteiger partial charge is 0.227 e. The number of carbonyl (C=O) groups is 1. The first-order valence-corrected chi connectivity index (χ1v) is 9.06. The maximum atomic E-state index is 12.4. The van der Waals surface area contributed by atoms with Gasteiger partial charge in [-0.2, -0.15) is 0 Å². The molecular formula is C22H30N2O. The minimum atomic E-state index is -0.137. The van der Waals surface area contributed by atoms with Crippen LogP contribution < -0.4 is 5.32 Å². The van der Waals surface area contributed by atoms with Crippen molar-refractivity contribution in [1.82, 2.24) is 10.2 Å². The van der Waals surface area contributed by atoms with E-state index in [1.54, 1.807) is 0 Å². The summed E-state index contributed by atoms with van der Waals surface area (Å²) in [5.74, 6) is 0.280. The molecule has 0 saturated heterocycles. The molecule has 134 valence electrons. The molecule has 0 spiro atoms. The standard InChI is InChI=1S/C22H30N2O/c1-17(19-10-6-5-7-11-19)20-12-8-13-21(16-20)18(2)22(25)23-14-9-15-24(3)4/h5-8,10-13,16-18H,9,14-15H2,1-4H3,(H,23,25)/t17?,18-/m1/s1. The van der Waals surface area contributed by atoms with Crippen molar-refractivity contribution in [3.05, 3.63) is 71.3 Å². The molecule has 0 fully saturated rings. The highest BCUT2D eigenvalue weighted by Crippen LogP contribution is 2.26. The number of hydrogen-bond donors (Lipinski definition) is 1. The molecule has 1 amide bonds. The molecule has 0 aliphatic carbocycles. The summed E-state index contributed by atoms with van der Waals surface area (Å²) < 4.78 is 0. The molecule has 2 aromatic carbocycles. The Morgan fingerprint density at radius 3 is 2.28 bits per heavy atom. The largest absolute Gasteiger partial charge is 0.356 e. The first-order valence-electron chi connectivity index (χ1n) is 9.06. The first-order chi connectivity index (χ1) is 12.0. The number of carbonyl (C=O) groups excluding carboxylic acids is 1. The fourth-order valence-corrected chi connectivity index (χ4v) is 2.94. The molecule has 1 unspecified atom stereocenters. The average molecular weight is 338 g/mol. The van der Waals surface area contributed by atoms with Crippen LogP contribution in [0.2, 0.25) is 0 Å². The average Bonchev–Trinajstić information content (AvgIpc) is 2.64. The lowest BCUT2D eigenvalue weighted by molar-refractivity contribution is -0.122. The fourth-order valence-electron chi connectivity index (χ4n) is 2.94. The van der Waals surface area contributed by atoms with E-state index in [1.165, 1.54) is 11.1 Å². The molecule has 0 aliphatic heterocycles. The van der Waals surface area contributed by atoms with Crippen LogP contribution in [0, 0.1) is 0 Å². The molecule has 0 radical (unpaired) electrons. The lowest BCUT2D eigenvalue weighted by Crippen LogP contribution is -2.30. The van der Waals surface area contributed by atoms with Gasteiger partial charge in [0.15, 0.2) is 0 Å². The van der Waals surface area contributed by atoms with Crippen LogP contribution in [0.4, 0.5) is 0 Å². The van der Waals surface area contributed by atoms with Gasteiger partial charge in [-0.3, -0.25) is 4.79 Å². The van der Waals surface area contributed by atoms with Crippen molar-refractivity contribution in [3.8, 4) is 0 Å². The monoisotopic (exact) mass is 338 g/mol. The van der Waals surface area contributed by atoms with Gasteiger partial charge < -0.3 is 10.2 Å². The SMILES string of the molecule is CC(c1ccccc1)c1cccc([C@@H](C)C(=O)NCCCN(C)C)c1. The van der Waals surface area contributed by atoms with Crippen molar-refractivity contribution < 1.29 is 4.79 Å². The second kappa shape index (κ2) is 9.38. The van der Waals surface area contributed by atoms with Gasteiger partial charge in [-0.25, -0.2) is 0 Å². The van der Waals surface area contributed by atoms with Crippen molar-refractivity contribution in [1.29, 1.82) is 0 Å². The second-order valence-corrected chi connectivity index (χ2v) is 6.97. The van der Waals surface area contributed by atoms with Gasteiger partial charge in [0.25, 0.3) is 0 Å². The molecular weight excluding hydrogens is 308 g/mol. The van der Waals surface area contributed by atoms with Gasteiger partial charge in [0.2, 0.25) is 5.91 Å². The highest BCUT2D eigenvalue weighted by atomic mass is 16.1. The van der Waals surface area contributed by atoms with E-state index < -0.39 is 0 Å². The number of nitrogens with zero attached hydrogens (tertiary/aromatic N) is 1. The molecule has 0 aliphatic rings. The minimum Gasteiger partial charge on any atom is -0.356 e. The summed E-state index contributed by atoms with van der Waals surface area (Å²) in [6, 6.07) is 18.9. The summed E-state index contributed by atoms with van der Waals surface area (Å²) in [6.07, 6.45) is 0.969. The normalized spacial score (nSPS) is 13.5. The Kier molecular flexibility index (Phi) is 7.20. The summed E-state index contributed by atoms with van der Waals surface area (Å²) in [5, 5.41) is 3.05. The van der Waals surface area contributed by atoms with Crippen molar-refractivity contribution in [2.45, 2.75) is 32.1 Å². The Morgan fingerprint density at radius 2 is 1.60 bits per heavy atom. The maximum absolute atomic E-state index is 12.4. The topological polar surface area (TPSA) is 32.3 Å². The third-order valence-electron chi connectivity index (χ3n) is 4.68. The number of amides is 1. The van der Waals surface area contributed by atoms with Gasteiger partial charge in [0, 0.05) is 12.5 Å². The molecule has 0 aromatic heterocycles. The third-order valence-corrected chi connectivity index (χ3v) is 4.68. The molecule has 0 saturated carbocycles. The van der Waals surface area contributed by atoms with E-state index in [1.807, 2.05) is 33.2 Å². The Hall–Kier alpha value is -2.13. The number of hydrogen-bond acceptors (Lipinski definition) is 2. The van der Waals surface area contributed by atoms with E-state index in [-0.39, 0.29) is 11.8 Å². The van der Waals surface area contributed by atoms with Gasteiger partial charge in [-0.05, 0) is 50.7 Å². The van der Waals surface area contributed by atoms with Crippen LogP contribution in [0.5, 0.6) is 0 Å². The lowest BCUT2D eigenvalue weighted by Gasteiger charge is -2.17. The molecule has 0 heterocycles. The highest BCUT2D eigenvalue weighted by molar-refractivity contribution is 5.83. The van der Waals surface area contributed by atoms with Gasteiger partial charge >= 0.3 is 0 Å². The zero-order chi connectivity index (χ0) is 18.2. The quantitative estimate of drug-likeness (QED) is 0.738. The van der Waals surface area contributed by atoms with Crippen LogP contribution >= 0.6 is 0 Å². The molecule has 0 bridgehead atoms. The third kappa shape index (κ3) is 5.71. The predicted molar refractivity (Wildman–Crippen MR) is 105 cm³/mol. The summed E-state index contributed by atoms with van der Waals surface area (Å²) in [4.78, 5) is 14.5. The maximum Gasteiger partial charge on any atom is 0.227 e. The van der Waals surface area contributed by atoms with Crippen LogP contribution in [-0.4, -0.2) is 38.0 Å². The van der Waals surface area contributed by atoms with E-state index in [0.717, 1.165) is 25.1 Å². The van der Waals surface area contributed by atoms with E-state index in [0.29, 0.717) is 5.92 Å². The minimum absolute atomic E-state index is 0.100. The van der Waals surface area contributed by atoms with E-state index in [2.05, 4.69) is 59.6 Å². The summed E-state index contributed by atoms with van der Waals surface area (Å²) in [6.45, 7) is 5.90. The molecule has 2 atom stereocenters. The van der Waals surface area contributed by atoms with E-state index in [4.69, 9.17) is 0 Å². The number of rotatable bonds is 8. The van der Waals surface area contributed by atoms with Crippen LogP contribution in [-0.2, 0) is 4.79 Å². The summed E-state index contributed by atoms with van der Waals surface area (Å²) in [5.41, 5.74) is 3.61. The van der Waals surface area contributed by atoms with Gasteiger partial charge in [0.05, 0.1) is 5.92 Å². The zero-order valence-corrected chi connectivity index (χ0v) is 15.8. The second-order valence-electron chi connectivity index (χ2n) is 6.97. The Labute approximate surface area is 152 Å². The van der Waals surface area contributed by atoms with Crippen molar-refractivity contribution in [2.75, 3.05) is 27.2 Å². The Morgan fingerprint density at radius 1 is 0.960 bits per heavy atom. The first kappa shape index (κ1) is 19.2.